The van der Waals surface area contributed by atoms with Crippen molar-refractivity contribution in [2.75, 3.05) is 0 Å². The minimum Gasteiger partial charge on any atom is -0.279 e. The molecule has 8 nitrogen and oxygen atoms in total. The Labute approximate surface area is 115 Å². The van der Waals surface area contributed by atoms with E-state index in [2.05, 4.69) is 4.99 Å². The van der Waals surface area contributed by atoms with Crippen molar-refractivity contribution < 1.29 is 46.0 Å². The number of halogens is 3. The van der Waals surface area contributed by atoms with Gasteiger partial charge in [-0.2, -0.15) is 21.6 Å². The first-order chi connectivity index (χ1) is 9.50. The Kier molecular flexibility index (Phi) is 4.68. The molecule has 2 rings (SSSR count). The van der Waals surface area contributed by atoms with Crippen LogP contribution in [0.3, 0.4) is 0 Å². The first-order valence-electron chi connectivity index (χ1n) is 4.83. The molecule has 1 heterocycles. The second-order valence-electron chi connectivity index (χ2n) is 3.45. The second kappa shape index (κ2) is 5.77. The SMILES string of the molecule is O=C1c2ccccc2C(=O)N1OO.O=S(=O)(O)C(F)(F)F. The Balaban J connectivity index is 0.000000240. The molecule has 1 aliphatic rings. The molecular formula is C9H6F3NO7S. The van der Waals surface area contributed by atoms with E-state index in [1.807, 2.05) is 0 Å². The summed E-state index contributed by atoms with van der Waals surface area (Å²) in [6.07, 6.45) is 0. The summed E-state index contributed by atoms with van der Waals surface area (Å²) in [5.41, 5.74) is -5.06. The van der Waals surface area contributed by atoms with Crippen LogP contribution in [0.15, 0.2) is 24.3 Å². The molecule has 0 spiro atoms. The number of alkyl halides is 3. The maximum atomic E-state index is 11.3. The molecule has 116 valence electrons. The highest BCUT2D eigenvalue weighted by Gasteiger charge is 2.44. The number of carbonyl (C=O) groups is 2. The molecule has 0 atom stereocenters. The number of nitrogens with zero attached hydrogens (tertiary/aromatic N) is 1. The normalized spacial score (nSPS) is 14.6. The monoisotopic (exact) mass is 329 g/mol. The first-order valence-corrected chi connectivity index (χ1v) is 6.28. The molecule has 2 N–H and O–H groups in total. The lowest BCUT2D eigenvalue weighted by molar-refractivity contribution is -0.349. The second-order valence-corrected chi connectivity index (χ2v) is 4.87. The maximum Gasteiger partial charge on any atom is 0.522 e. The minimum absolute atomic E-state index is 0.238. The van der Waals surface area contributed by atoms with Crippen molar-refractivity contribution in [2.24, 2.45) is 0 Å². The molecule has 0 saturated carbocycles. The number of benzene rings is 1. The van der Waals surface area contributed by atoms with Gasteiger partial charge in [0, 0.05) is 0 Å². The van der Waals surface area contributed by atoms with Crippen LogP contribution < -0.4 is 0 Å². The molecule has 1 aromatic rings. The fourth-order valence-corrected chi connectivity index (χ4v) is 1.24. The van der Waals surface area contributed by atoms with Crippen LogP contribution in [-0.4, -0.2) is 40.6 Å². The van der Waals surface area contributed by atoms with E-state index in [1.54, 1.807) is 12.1 Å². The van der Waals surface area contributed by atoms with Crippen molar-refractivity contribution in [1.82, 2.24) is 5.06 Å². The van der Waals surface area contributed by atoms with E-state index in [0.29, 0.717) is 5.06 Å². The molecule has 0 radical (unpaired) electrons. The van der Waals surface area contributed by atoms with Crippen molar-refractivity contribution in [2.45, 2.75) is 5.51 Å². The van der Waals surface area contributed by atoms with Crippen LogP contribution in [0.2, 0.25) is 0 Å². The van der Waals surface area contributed by atoms with Crippen molar-refractivity contribution in [3.63, 3.8) is 0 Å². The lowest BCUT2D eigenvalue weighted by atomic mass is 10.1. The van der Waals surface area contributed by atoms with Crippen molar-refractivity contribution >= 4 is 21.9 Å². The number of imide groups is 1. The molecular weight excluding hydrogens is 323 g/mol. The van der Waals surface area contributed by atoms with Crippen LogP contribution in [0.4, 0.5) is 13.2 Å². The summed E-state index contributed by atoms with van der Waals surface area (Å²) in [5, 5.41) is 8.57. The molecule has 1 aromatic carbocycles. The van der Waals surface area contributed by atoms with Crippen LogP contribution in [-0.2, 0) is 15.1 Å². The smallest absolute Gasteiger partial charge is 0.279 e. The summed E-state index contributed by atoms with van der Waals surface area (Å²) in [6, 6.07) is 6.25. The molecule has 0 saturated heterocycles. The van der Waals surface area contributed by atoms with E-state index >= 15 is 0 Å². The summed E-state index contributed by atoms with van der Waals surface area (Å²) in [7, 11) is -5.84. The van der Waals surface area contributed by atoms with E-state index in [-0.39, 0.29) is 11.1 Å². The Bertz CT molecular complexity index is 635. The van der Waals surface area contributed by atoms with Gasteiger partial charge < -0.3 is 0 Å². The first kappa shape index (κ1) is 17.0. The number of hydrogen-bond acceptors (Lipinski definition) is 6. The molecule has 0 aromatic heterocycles. The highest BCUT2D eigenvalue weighted by molar-refractivity contribution is 7.86. The van der Waals surface area contributed by atoms with Gasteiger partial charge in [-0.25, -0.2) is 5.26 Å². The summed E-state index contributed by atoms with van der Waals surface area (Å²) in [5.74, 6) is -1.30. The third-order valence-corrected chi connectivity index (χ3v) is 2.72. The number of amides is 2. The highest BCUT2D eigenvalue weighted by atomic mass is 32.2. The van der Waals surface area contributed by atoms with Gasteiger partial charge in [0.2, 0.25) is 0 Å². The predicted molar refractivity (Wildman–Crippen MR) is 58.3 cm³/mol. The number of carbonyl (C=O) groups excluding carboxylic acids is 2. The zero-order chi connectivity index (χ0) is 16.4. The molecule has 0 fully saturated rings. The van der Waals surface area contributed by atoms with E-state index < -0.39 is 27.4 Å². The van der Waals surface area contributed by atoms with Crippen molar-refractivity contribution in [3.8, 4) is 0 Å². The zero-order valence-corrected chi connectivity index (χ0v) is 10.6. The lowest BCUT2D eigenvalue weighted by Crippen LogP contribution is -2.28. The Morgan fingerprint density at radius 2 is 1.38 bits per heavy atom. The average molecular weight is 329 g/mol. The van der Waals surface area contributed by atoms with E-state index in [1.165, 1.54) is 12.1 Å². The van der Waals surface area contributed by atoms with Gasteiger partial charge in [-0.3, -0.25) is 14.1 Å². The summed E-state index contributed by atoms with van der Waals surface area (Å²) < 4.78 is 57.5. The predicted octanol–water partition coefficient (Wildman–Crippen LogP) is 1.08. The minimum atomic E-state index is -5.84. The van der Waals surface area contributed by atoms with Crippen molar-refractivity contribution in [3.05, 3.63) is 35.4 Å². The van der Waals surface area contributed by atoms with Gasteiger partial charge in [-0.05, 0) is 12.1 Å². The van der Waals surface area contributed by atoms with Crippen molar-refractivity contribution in [1.29, 1.82) is 0 Å². The Morgan fingerprint density at radius 3 is 1.62 bits per heavy atom. The van der Waals surface area contributed by atoms with Crippen LogP contribution in [0.1, 0.15) is 20.7 Å². The van der Waals surface area contributed by atoms with Gasteiger partial charge in [0.05, 0.1) is 11.1 Å². The topological polar surface area (TPSA) is 121 Å². The summed E-state index contributed by atoms with van der Waals surface area (Å²) >= 11 is 0. The molecule has 0 bridgehead atoms. The largest absolute Gasteiger partial charge is 0.522 e. The van der Waals surface area contributed by atoms with Gasteiger partial charge in [0.1, 0.15) is 0 Å². The third-order valence-electron chi connectivity index (χ3n) is 2.13. The Morgan fingerprint density at radius 1 is 1.05 bits per heavy atom. The lowest BCUT2D eigenvalue weighted by Gasteiger charge is -2.04. The number of rotatable bonds is 1. The third kappa shape index (κ3) is 3.55. The van der Waals surface area contributed by atoms with Gasteiger partial charge in [0.25, 0.3) is 11.8 Å². The molecule has 12 heteroatoms. The quantitative estimate of drug-likeness (QED) is 0.260. The standard InChI is InChI=1S/C8H5NO4.CHF3O3S/c10-7-5-3-1-2-4-6(5)8(11)9(7)13-12;2-1(3,4)8(5,6)7/h1-4,12H;(H,5,6,7). The number of hydrogen-bond donors (Lipinski definition) is 2. The van der Waals surface area contributed by atoms with E-state index in [9.17, 15) is 22.8 Å². The number of hydroxylamine groups is 2. The van der Waals surface area contributed by atoms with E-state index in [0.717, 1.165) is 0 Å². The van der Waals surface area contributed by atoms with Gasteiger partial charge in [-0.1, -0.05) is 12.1 Å². The van der Waals surface area contributed by atoms with Gasteiger partial charge >= 0.3 is 15.6 Å². The zero-order valence-electron chi connectivity index (χ0n) is 9.73. The molecule has 21 heavy (non-hydrogen) atoms. The van der Waals surface area contributed by atoms with Gasteiger partial charge in [-0.15, -0.1) is 10.1 Å². The fourth-order valence-electron chi connectivity index (χ4n) is 1.24. The van der Waals surface area contributed by atoms with Crippen LogP contribution in [0.25, 0.3) is 0 Å². The summed E-state index contributed by atoms with van der Waals surface area (Å²) in [4.78, 5) is 26.2. The molecule has 0 aliphatic carbocycles. The van der Waals surface area contributed by atoms with Crippen LogP contribution in [0.5, 0.6) is 0 Å². The maximum absolute atomic E-state index is 11.3. The molecule has 2 amide bonds. The van der Waals surface area contributed by atoms with Gasteiger partial charge in [0.15, 0.2) is 0 Å². The van der Waals surface area contributed by atoms with E-state index in [4.69, 9.17) is 18.2 Å². The molecule has 1 aliphatic heterocycles. The number of fused-ring (bicyclic) bond motifs is 1. The van der Waals surface area contributed by atoms with Crippen LogP contribution >= 0.6 is 0 Å². The Hall–Kier alpha value is -2.02. The van der Waals surface area contributed by atoms with Crippen LogP contribution in [0, 0.1) is 0 Å². The fraction of sp³-hybridized carbons (Fsp3) is 0.111. The molecule has 0 unspecified atom stereocenters. The summed E-state index contributed by atoms with van der Waals surface area (Å²) in [6.45, 7) is 0. The average Bonchev–Trinajstić information content (AvgIpc) is 2.61. The highest BCUT2D eigenvalue weighted by Crippen LogP contribution is 2.22.